The van der Waals surface area contributed by atoms with Crippen LogP contribution in [0.15, 0.2) is 0 Å². The average molecular weight is 326 g/mol. The molecular formula is C9H9F11. The number of rotatable bonds is 5. The molecule has 0 rings (SSSR count). The molecule has 11 heteroatoms. The first-order valence-corrected chi connectivity index (χ1v) is 5.00. The molecule has 122 valence electrons. The fourth-order valence-corrected chi connectivity index (χ4v) is 1.25. The van der Waals surface area contributed by atoms with Crippen LogP contribution in [-0.4, -0.2) is 29.9 Å². The Morgan fingerprint density at radius 2 is 0.950 bits per heavy atom. The highest BCUT2D eigenvalue weighted by atomic mass is 19.4. The standard InChI is InChI=1S/C9H9F11/c1-4(2)3-5(10,11)6(12,13)7(14,15)8(16,17)9(18,19)20/h4H,3H2,1-2H3. The highest BCUT2D eigenvalue weighted by molar-refractivity contribution is 5.06. The molecule has 0 nitrogen and oxygen atoms in total. The maximum absolute atomic E-state index is 12.9. The highest BCUT2D eigenvalue weighted by Crippen LogP contribution is 2.58. The second-order valence-electron chi connectivity index (χ2n) is 4.52. The first-order chi connectivity index (χ1) is 8.42. The zero-order valence-electron chi connectivity index (χ0n) is 9.94. The fourth-order valence-electron chi connectivity index (χ4n) is 1.25. The van der Waals surface area contributed by atoms with Crippen LogP contribution in [0.2, 0.25) is 0 Å². The summed E-state index contributed by atoms with van der Waals surface area (Å²) in [7, 11) is 0. The van der Waals surface area contributed by atoms with Gasteiger partial charge in [0.2, 0.25) is 0 Å². The van der Waals surface area contributed by atoms with Crippen molar-refractivity contribution in [2.75, 3.05) is 0 Å². The Balaban J connectivity index is 5.80. The first kappa shape index (κ1) is 19.2. The van der Waals surface area contributed by atoms with Crippen molar-refractivity contribution in [3.05, 3.63) is 0 Å². The molecule has 0 aromatic carbocycles. The smallest absolute Gasteiger partial charge is 0.200 e. The van der Waals surface area contributed by atoms with Crippen LogP contribution < -0.4 is 0 Å². The zero-order valence-corrected chi connectivity index (χ0v) is 9.94. The van der Waals surface area contributed by atoms with Crippen molar-refractivity contribution in [3.63, 3.8) is 0 Å². The molecule has 0 fully saturated rings. The molecule has 0 spiro atoms. The summed E-state index contributed by atoms with van der Waals surface area (Å²) in [6.45, 7) is 1.76. The fraction of sp³-hybridized carbons (Fsp3) is 1.00. The average Bonchev–Trinajstić information content (AvgIpc) is 2.12. The molecule has 0 N–H and O–H groups in total. The van der Waals surface area contributed by atoms with Crippen molar-refractivity contribution in [3.8, 4) is 0 Å². The highest BCUT2D eigenvalue weighted by Gasteiger charge is 2.86. The van der Waals surface area contributed by atoms with Gasteiger partial charge in [-0.15, -0.1) is 0 Å². The van der Waals surface area contributed by atoms with Crippen LogP contribution in [0.4, 0.5) is 48.3 Å². The van der Waals surface area contributed by atoms with Crippen LogP contribution in [0.5, 0.6) is 0 Å². The maximum Gasteiger partial charge on any atom is 0.460 e. The van der Waals surface area contributed by atoms with Gasteiger partial charge in [0.05, 0.1) is 0 Å². The van der Waals surface area contributed by atoms with Gasteiger partial charge in [0, 0.05) is 6.42 Å². The second-order valence-corrected chi connectivity index (χ2v) is 4.52. The molecule has 0 bridgehead atoms. The van der Waals surface area contributed by atoms with Crippen molar-refractivity contribution in [2.24, 2.45) is 5.92 Å². The minimum Gasteiger partial charge on any atom is -0.200 e. The van der Waals surface area contributed by atoms with E-state index in [0.717, 1.165) is 13.8 Å². The van der Waals surface area contributed by atoms with E-state index in [1.165, 1.54) is 0 Å². The van der Waals surface area contributed by atoms with E-state index in [2.05, 4.69) is 0 Å². The third-order valence-corrected chi connectivity index (χ3v) is 2.27. The lowest BCUT2D eigenvalue weighted by Crippen LogP contribution is -2.66. The van der Waals surface area contributed by atoms with E-state index >= 15 is 0 Å². The van der Waals surface area contributed by atoms with Gasteiger partial charge in [-0.1, -0.05) is 13.8 Å². The van der Waals surface area contributed by atoms with Crippen LogP contribution in [0.25, 0.3) is 0 Å². The van der Waals surface area contributed by atoms with Gasteiger partial charge in [-0.2, -0.15) is 48.3 Å². The molecule has 20 heavy (non-hydrogen) atoms. The topological polar surface area (TPSA) is 0 Å². The third-order valence-electron chi connectivity index (χ3n) is 2.27. The van der Waals surface area contributed by atoms with Gasteiger partial charge in [0.15, 0.2) is 0 Å². The summed E-state index contributed by atoms with van der Waals surface area (Å²) in [4.78, 5) is 0. The number of halogens is 11. The van der Waals surface area contributed by atoms with Crippen molar-refractivity contribution in [1.29, 1.82) is 0 Å². The summed E-state index contributed by atoms with van der Waals surface area (Å²) in [6, 6.07) is 0. The maximum atomic E-state index is 12.9. The van der Waals surface area contributed by atoms with Crippen molar-refractivity contribution in [2.45, 2.75) is 50.1 Å². The molecule has 0 aliphatic rings. The Labute approximate surface area is 105 Å². The van der Waals surface area contributed by atoms with E-state index in [1.54, 1.807) is 0 Å². The minimum absolute atomic E-state index is 0.879. The Morgan fingerprint density at radius 1 is 0.600 bits per heavy atom. The SMILES string of the molecule is CC(C)CC(F)(F)C(F)(F)C(F)(F)C(F)(F)C(F)(F)F. The Kier molecular flexibility index (Phi) is 4.71. The van der Waals surface area contributed by atoms with Gasteiger partial charge in [-0.3, -0.25) is 0 Å². The van der Waals surface area contributed by atoms with Crippen molar-refractivity contribution >= 4 is 0 Å². The summed E-state index contributed by atoms with van der Waals surface area (Å²) in [5.74, 6) is -28.5. The molecule has 0 saturated heterocycles. The van der Waals surface area contributed by atoms with E-state index in [0.29, 0.717) is 0 Å². The van der Waals surface area contributed by atoms with Gasteiger partial charge < -0.3 is 0 Å². The first-order valence-electron chi connectivity index (χ1n) is 5.00. The third kappa shape index (κ3) is 2.80. The summed E-state index contributed by atoms with van der Waals surface area (Å²) in [5, 5.41) is 0. The molecule has 0 aliphatic carbocycles. The molecule has 0 unspecified atom stereocenters. The minimum atomic E-state index is -7.30. The van der Waals surface area contributed by atoms with Crippen LogP contribution >= 0.6 is 0 Å². The number of alkyl halides is 11. The Hall–Kier alpha value is -0.770. The summed E-state index contributed by atoms with van der Waals surface area (Å²) in [6.07, 6.45) is -9.09. The van der Waals surface area contributed by atoms with E-state index in [1.807, 2.05) is 0 Å². The summed E-state index contributed by atoms with van der Waals surface area (Å²) >= 11 is 0. The molecule has 0 aromatic rings. The van der Waals surface area contributed by atoms with Crippen molar-refractivity contribution < 1.29 is 48.3 Å². The van der Waals surface area contributed by atoms with Gasteiger partial charge in [-0.25, -0.2) is 0 Å². The van der Waals surface area contributed by atoms with Crippen LogP contribution in [0.1, 0.15) is 20.3 Å². The molecule has 0 aliphatic heterocycles. The van der Waals surface area contributed by atoms with E-state index in [9.17, 15) is 48.3 Å². The van der Waals surface area contributed by atoms with Gasteiger partial charge in [0.25, 0.3) is 0 Å². The quantitative estimate of drug-likeness (QED) is 0.614. The van der Waals surface area contributed by atoms with Crippen LogP contribution in [-0.2, 0) is 0 Å². The molecule has 0 heterocycles. The summed E-state index contributed by atoms with van der Waals surface area (Å²) < 4.78 is 137. The monoisotopic (exact) mass is 326 g/mol. The van der Waals surface area contributed by atoms with Crippen LogP contribution in [0, 0.1) is 5.92 Å². The van der Waals surface area contributed by atoms with Gasteiger partial charge in [0.1, 0.15) is 0 Å². The predicted octanol–water partition coefficient (Wildman–Crippen LogP) is 5.14. The largest absolute Gasteiger partial charge is 0.460 e. The van der Waals surface area contributed by atoms with Gasteiger partial charge >= 0.3 is 29.9 Å². The van der Waals surface area contributed by atoms with Crippen molar-refractivity contribution in [1.82, 2.24) is 0 Å². The predicted molar refractivity (Wildman–Crippen MR) is 45.3 cm³/mol. The zero-order chi connectivity index (χ0) is 16.8. The lowest BCUT2D eigenvalue weighted by molar-refractivity contribution is -0.423. The van der Waals surface area contributed by atoms with Crippen LogP contribution in [0.3, 0.4) is 0 Å². The lowest BCUT2D eigenvalue weighted by Gasteiger charge is -2.37. The number of hydrogen-bond acceptors (Lipinski definition) is 0. The molecular weight excluding hydrogens is 317 g/mol. The van der Waals surface area contributed by atoms with E-state index < -0.39 is 42.2 Å². The Bertz CT molecular complexity index is 338. The molecule has 0 aromatic heterocycles. The molecule has 0 radical (unpaired) electrons. The molecule has 0 saturated carbocycles. The lowest BCUT2D eigenvalue weighted by atomic mass is 9.92. The molecule has 0 atom stereocenters. The number of hydrogen-bond donors (Lipinski definition) is 0. The molecule has 0 amide bonds. The second kappa shape index (κ2) is 4.90. The van der Waals surface area contributed by atoms with E-state index in [4.69, 9.17) is 0 Å². The summed E-state index contributed by atoms with van der Waals surface area (Å²) in [5.41, 5.74) is 0. The normalized spacial score (nSPS) is 15.9. The van der Waals surface area contributed by atoms with E-state index in [-0.39, 0.29) is 0 Å². The Morgan fingerprint density at radius 3 is 1.20 bits per heavy atom. The van der Waals surface area contributed by atoms with Gasteiger partial charge in [-0.05, 0) is 5.92 Å².